The van der Waals surface area contributed by atoms with E-state index in [0.717, 1.165) is 0 Å². The zero-order chi connectivity index (χ0) is 15.2. The summed E-state index contributed by atoms with van der Waals surface area (Å²) >= 11 is 11.8. The van der Waals surface area contributed by atoms with Crippen LogP contribution >= 0.6 is 23.2 Å². The van der Waals surface area contributed by atoms with Crippen LogP contribution in [0.2, 0.25) is 0 Å². The van der Waals surface area contributed by atoms with Gasteiger partial charge in [-0.05, 0) is 29.8 Å². The van der Waals surface area contributed by atoms with Crippen molar-refractivity contribution in [2.45, 2.75) is 10.9 Å². The fourth-order valence-electron chi connectivity index (χ4n) is 1.77. The van der Waals surface area contributed by atoms with Crippen molar-refractivity contribution in [1.82, 2.24) is 0 Å². The Morgan fingerprint density at radius 2 is 1.67 bits per heavy atom. The maximum absolute atomic E-state index is 12.1. The standard InChI is InChI=1S/C16H11Cl2NO2/c17-15(18)14(12-8-6-11(10-19)7-9-12)21-16(20)13-4-2-1-3-5-13/h1-9,14-15H. The molecule has 2 aromatic rings. The molecule has 0 heterocycles. The summed E-state index contributed by atoms with van der Waals surface area (Å²) < 4.78 is 5.37. The van der Waals surface area contributed by atoms with Gasteiger partial charge in [0.25, 0.3) is 0 Å². The number of rotatable bonds is 4. The van der Waals surface area contributed by atoms with Gasteiger partial charge >= 0.3 is 5.97 Å². The molecule has 0 N–H and O–H groups in total. The van der Waals surface area contributed by atoms with Crippen LogP contribution in [0.25, 0.3) is 0 Å². The summed E-state index contributed by atoms with van der Waals surface area (Å²) in [6.45, 7) is 0. The normalized spacial score (nSPS) is 11.7. The van der Waals surface area contributed by atoms with Crippen LogP contribution in [0.1, 0.15) is 27.6 Å². The second kappa shape index (κ2) is 7.12. The third-order valence-electron chi connectivity index (χ3n) is 2.84. The van der Waals surface area contributed by atoms with E-state index in [1.54, 1.807) is 54.6 Å². The highest BCUT2D eigenvalue weighted by molar-refractivity contribution is 6.44. The molecule has 5 heteroatoms. The van der Waals surface area contributed by atoms with Gasteiger partial charge in [-0.2, -0.15) is 5.26 Å². The molecule has 0 bridgehead atoms. The first-order valence-corrected chi connectivity index (χ1v) is 7.03. The van der Waals surface area contributed by atoms with Crippen molar-refractivity contribution in [2.75, 3.05) is 0 Å². The molecule has 0 saturated carbocycles. The number of nitriles is 1. The lowest BCUT2D eigenvalue weighted by atomic mass is 10.1. The minimum Gasteiger partial charge on any atom is -0.451 e. The molecule has 106 valence electrons. The van der Waals surface area contributed by atoms with Crippen molar-refractivity contribution in [3.05, 3.63) is 71.3 Å². The summed E-state index contributed by atoms with van der Waals surface area (Å²) in [5.74, 6) is -0.503. The van der Waals surface area contributed by atoms with Crippen molar-refractivity contribution < 1.29 is 9.53 Å². The number of carbonyl (C=O) groups is 1. The van der Waals surface area contributed by atoms with Gasteiger partial charge in [0.2, 0.25) is 0 Å². The van der Waals surface area contributed by atoms with E-state index in [1.165, 1.54) is 0 Å². The highest BCUT2D eigenvalue weighted by atomic mass is 35.5. The summed E-state index contributed by atoms with van der Waals surface area (Å²) in [4.78, 5) is 11.2. The number of halogens is 2. The molecule has 0 spiro atoms. The van der Waals surface area contributed by atoms with Crippen molar-refractivity contribution in [2.24, 2.45) is 0 Å². The molecule has 0 radical (unpaired) electrons. The molecule has 0 aliphatic rings. The minimum absolute atomic E-state index is 0.421. The van der Waals surface area contributed by atoms with E-state index in [4.69, 9.17) is 33.2 Å². The van der Waals surface area contributed by atoms with Gasteiger partial charge in [-0.3, -0.25) is 0 Å². The average molecular weight is 320 g/mol. The number of alkyl halides is 2. The molecule has 3 nitrogen and oxygen atoms in total. The Hall–Kier alpha value is -2.02. The third-order valence-corrected chi connectivity index (χ3v) is 3.30. The molecule has 0 aromatic heterocycles. The highest BCUT2D eigenvalue weighted by Crippen LogP contribution is 2.29. The Bertz CT molecular complexity index is 648. The van der Waals surface area contributed by atoms with E-state index in [0.29, 0.717) is 16.7 Å². The van der Waals surface area contributed by atoms with Gasteiger partial charge in [0.05, 0.1) is 17.2 Å². The molecule has 0 amide bonds. The summed E-state index contributed by atoms with van der Waals surface area (Å²) in [6, 6.07) is 17.2. The molecule has 2 rings (SSSR count). The van der Waals surface area contributed by atoms with Gasteiger partial charge in [-0.1, -0.05) is 30.3 Å². The molecule has 0 saturated heterocycles. The van der Waals surface area contributed by atoms with Gasteiger partial charge in [0.1, 0.15) is 4.84 Å². The van der Waals surface area contributed by atoms with Crippen LogP contribution in [0.15, 0.2) is 54.6 Å². The first kappa shape index (κ1) is 15.4. The number of ether oxygens (including phenoxy) is 1. The summed E-state index contributed by atoms with van der Waals surface area (Å²) in [5.41, 5.74) is 1.56. The number of esters is 1. The molecule has 2 aromatic carbocycles. The number of hydrogen-bond acceptors (Lipinski definition) is 3. The van der Waals surface area contributed by atoms with E-state index in [1.807, 2.05) is 6.07 Å². The number of hydrogen-bond donors (Lipinski definition) is 0. The zero-order valence-electron chi connectivity index (χ0n) is 10.9. The minimum atomic E-state index is -0.911. The van der Waals surface area contributed by atoms with Gasteiger partial charge in [0, 0.05) is 0 Å². The van der Waals surface area contributed by atoms with Crippen LogP contribution in [-0.2, 0) is 4.74 Å². The summed E-state index contributed by atoms with van der Waals surface area (Å²) in [6.07, 6.45) is -0.797. The van der Waals surface area contributed by atoms with E-state index in [-0.39, 0.29) is 0 Å². The molecule has 0 aliphatic carbocycles. The van der Waals surface area contributed by atoms with E-state index in [2.05, 4.69) is 0 Å². The van der Waals surface area contributed by atoms with Gasteiger partial charge in [0.15, 0.2) is 6.10 Å². The molecule has 1 atom stereocenters. The second-order valence-corrected chi connectivity index (χ2v) is 5.42. The van der Waals surface area contributed by atoms with Gasteiger partial charge < -0.3 is 4.74 Å². The van der Waals surface area contributed by atoms with E-state index in [9.17, 15) is 4.79 Å². The maximum atomic E-state index is 12.1. The molecule has 1 unspecified atom stereocenters. The predicted octanol–water partition coefficient (Wildman–Crippen LogP) is 4.26. The average Bonchev–Trinajstić information content (AvgIpc) is 2.53. The Labute approximate surface area is 132 Å². The fraction of sp³-hybridized carbons (Fsp3) is 0.125. The van der Waals surface area contributed by atoms with Crippen molar-refractivity contribution >= 4 is 29.2 Å². The number of nitrogens with zero attached hydrogens (tertiary/aromatic N) is 1. The molecule has 0 aliphatic heterocycles. The Balaban J connectivity index is 2.19. The van der Waals surface area contributed by atoms with Crippen LogP contribution in [0.5, 0.6) is 0 Å². The number of benzene rings is 2. The quantitative estimate of drug-likeness (QED) is 0.625. The summed E-state index contributed by atoms with van der Waals surface area (Å²) in [5, 5.41) is 8.78. The largest absolute Gasteiger partial charge is 0.451 e. The first-order chi connectivity index (χ1) is 10.1. The lowest BCUT2D eigenvalue weighted by Gasteiger charge is -2.19. The topological polar surface area (TPSA) is 50.1 Å². The maximum Gasteiger partial charge on any atom is 0.338 e. The van der Waals surface area contributed by atoms with Gasteiger partial charge in [-0.25, -0.2) is 4.79 Å². The molecule has 21 heavy (non-hydrogen) atoms. The Morgan fingerprint density at radius 1 is 1.05 bits per heavy atom. The van der Waals surface area contributed by atoms with Crippen molar-refractivity contribution in [1.29, 1.82) is 5.26 Å². The predicted molar refractivity (Wildman–Crippen MR) is 81.2 cm³/mol. The first-order valence-electron chi connectivity index (χ1n) is 6.16. The Kier molecular flexibility index (Phi) is 5.21. The van der Waals surface area contributed by atoms with Crippen LogP contribution in [0, 0.1) is 11.3 Å². The van der Waals surface area contributed by atoms with Crippen molar-refractivity contribution in [3.63, 3.8) is 0 Å². The molecule has 0 fully saturated rings. The van der Waals surface area contributed by atoms with Crippen LogP contribution < -0.4 is 0 Å². The van der Waals surface area contributed by atoms with Crippen LogP contribution in [-0.4, -0.2) is 10.8 Å². The lowest BCUT2D eigenvalue weighted by Crippen LogP contribution is -2.17. The highest BCUT2D eigenvalue weighted by Gasteiger charge is 2.24. The molecular weight excluding hydrogens is 309 g/mol. The monoisotopic (exact) mass is 319 g/mol. The van der Waals surface area contributed by atoms with E-state index < -0.39 is 16.9 Å². The zero-order valence-corrected chi connectivity index (χ0v) is 12.4. The number of carbonyl (C=O) groups excluding carboxylic acids is 1. The summed E-state index contributed by atoms with van der Waals surface area (Å²) in [7, 11) is 0. The smallest absolute Gasteiger partial charge is 0.338 e. The van der Waals surface area contributed by atoms with Crippen LogP contribution in [0.3, 0.4) is 0 Å². The Morgan fingerprint density at radius 3 is 2.19 bits per heavy atom. The molecular formula is C16H11Cl2NO2. The SMILES string of the molecule is N#Cc1ccc(C(OC(=O)c2ccccc2)C(Cl)Cl)cc1. The third kappa shape index (κ3) is 3.98. The van der Waals surface area contributed by atoms with Crippen LogP contribution in [0.4, 0.5) is 0 Å². The van der Waals surface area contributed by atoms with Crippen molar-refractivity contribution in [3.8, 4) is 6.07 Å². The fourth-order valence-corrected chi connectivity index (χ4v) is 2.16. The lowest BCUT2D eigenvalue weighted by molar-refractivity contribution is 0.0325. The van der Waals surface area contributed by atoms with E-state index >= 15 is 0 Å². The second-order valence-electron chi connectivity index (χ2n) is 4.26. The van der Waals surface area contributed by atoms with Gasteiger partial charge in [-0.15, -0.1) is 23.2 Å².